The van der Waals surface area contributed by atoms with Gasteiger partial charge in [0.1, 0.15) is 6.61 Å². The third-order valence-corrected chi connectivity index (χ3v) is 4.15. The molecule has 0 spiro atoms. The first-order valence-corrected chi connectivity index (χ1v) is 8.12. The minimum Gasteiger partial charge on any atom is -0.368 e. The van der Waals surface area contributed by atoms with Gasteiger partial charge < -0.3 is 15.4 Å². The molecule has 0 bridgehead atoms. The zero-order chi connectivity index (χ0) is 14.2. The van der Waals surface area contributed by atoms with Gasteiger partial charge in [0.25, 0.3) is 0 Å². The molecule has 0 atom stereocenters. The number of hydrogen-bond acceptors (Lipinski definition) is 4. The van der Waals surface area contributed by atoms with Crippen LogP contribution < -0.4 is 10.6 Å². The lowest BCUT2D eigenvalue weighted by atomic mass is 10.1. The first-order chi connectivity index (χ1) is 9.79. The molecule has 2 N–H and O–H groups in total. The van der Waals surface area contributed by atoms with Crippen LogP contribution in [0.15, 0.2) is 29.2 Å². The smallest absolute Gasteiger partial charge is 0.250 e. The Morgan fingerprint density at radius 2 is 2.15 bits per heavy atom. The molecule has 5 heteroatoms. The third-order valence-electron chi connectivity index (χ3n) is 3.20. The van der Waals surface area contributed by atoms with Gasteiger partial charge in [-0.3, -0.25) is 4.79 Å². The summed E-state index contributed by atoms with van der Waals surface area (Å²) in [6.45, 7) is 4.18. The highest BCUT2D eigenvalue weighted by Gasteiger charge is 2.15. The number of rotatable bonds is 6. The van der Waals surface area contributed by atoms with Gasteiger partial charge in [-0.25, -0.2) is 0 Å². The number of thioether (sulfide) groups is 1. The number of ether oxygens (including phenoxy) is 1. The van der Waals surface area contributed by atoms with Gasteiger partial charge >= 0.3 is 0 Å². The number of para-hydroxylation sites is 1. The average molecular weight is 294 g/mol. The number of benzene rings is 1. The second-order valence-electron chi connectivity index (χ2n) is 4.74. The van der Waals surface area contributed by atoms with E-state index in [0.29, 0.717) is 0 Å². The van der Waals surface area contributed by atoms with E-state index in [2.05, 4.69) is 17.6 Å². The summed E-state index contributed by atoms with van der Waals surface area (Å²) in [6, 6.07) is 7.88. The highest BCUT2D eigenvalue weighted by atomic mass is 32.2. The summed E-state index contributed by atoms with van der Waals surface area (Å²) in [5.41, 5.74) is 0.873. The van der Waals surface area contributed by atoms with Crippen molar-refractivity contribution in [2.75, 3.05) is 30.8 Å². The normalized spacial score (nSPS) is 16.1. The maximum atomic E-state index is 12.0. The number of amides is 1. The molecule has 20 heavy (non-hydrogen) atoms. The van der Waals surface area contributed by atoms with Gasteiger partial charge in [0.05, 0.1) is 11.8 Å². The van der Waals surface area contributed by atoms with Crippen LogP contribution in [-0.4, -0.2) is 37.5 Å². The van der Waals surface area contributed by atoms with Gasteiger partial charge in [-0.1, -0.05) is 19.1 Å². The number of hydrogen-bond donors (Lipinski definition) is 2. The second kappa shape index (κ2) is 8.29. The Hall–Kier alpha value is -1.04. The Bertz CT molecular complexity index is 434. The molecule has 1 aromatic carbocycles. The lowest BCUT2D eigenvalue weighted by Crippen LogP contribution is -2.34. The molecule has 2 rings (SSSR count). The Morgan fingerprint density at radius 1 is 1.40 bits per heavy atom. The van der Waals surface area contributed by atoms with Crippen LogP contribution in [0.3, 0.4) is 0 Å². The Labute approximate surface area is 124 Å². The predicted octanol–water partition coefficient (Wildman–Crippen LogP) is 2.51. The summed E-state index contributed by atoms with van der Waals surface area (Å²) in [5, 5.41) is 6.21. The number of nitrogens with one attached hydrogen (secondary N) is 2. The lowest BCUT2D eigenvalue weighted by Gasteiger charge is -2.22. The fraction of sp³-hybridized carbons (Fsp3) is 0.533. The van der Waals surface area contributed by atoms with Crippen molar-refractivity contribution in [3.05, 3.63) is 24.3 Å². The molecular formula is C15H22N2O2S. The zero-order valence-corrected chi connectivity index (χ0v) is 12.7. The van der Waals surface area contributed by atoms with Crippen molar-refractivity contribution in [1.29, 1.82) is 0 Å². The molecule has 0 aliphatic carbocycles. The topological polar surface area (TPSA) is 50.4 Å². The lowest BCUT2D eigenvalue weighted by molar-refractivity contribution is -0.123. The van der Waals surface area contributed by atoms with Crippen LogP contribution in [0.25, 0.3) is 0 Å². The van der Waals surface area contributed by atoms with E-state index >= 15 is 0 Å². The van der Waals surface area contributed by atoms with Gasteiger partial charge in [0, 0.05) is 4.90 Å². The fourth-order valence-corrected chi connectivity index (χ4v) is 2.95. The van der Waals surface area contributed by atoms with Gasteiger partial charge in [0.2, 0.25) is 5.91 Å². The summed E-state index contributed by atoms with van der Waals surface area (Å²) >= 11 is 1.73. The maximum Gasteiger partial charge on any atom is 0.250 e. The fourth-order valence-electron chi connectivity index (χ4n) is 2.19. The van der Waals surface area contributed by atoms with Crippen molar-refractivity contribution in [2.45, 2.75) is 30.8 Å². The molecule has 110 valence electrons. The highest BCUT2D eigenvalue weighted by molar-refractivity contribution is 7.99. The van der Waals surface area contributed by atoms with Crippen LogP contribution in [0.1, 0.15) is 19.8 Å². The summed E-state index contributed by atoms with van der Waals surface area (Å²) in [6.07, 6.45) is 2.17. The summed E-state index contributed by atoms with van der Waals surface area (Å²) in [4.78, 5) is 13.1. The van der Waals surface area contributed by atoms with Gasteiger partial charge in [-0.2, -0.15) is 0 Å². The molecule has 1 heterocycles. The first-order valence-electron chi connectivity index (χ1n) is 7.13. The number of piperidine rings is 1. The predicted molar refractivity (Wildman–Crippen MR) is 83.3 cm³/mol. The van der Waals surface area contributed by atoms with Crippen LogP contribution in [0.4, 0.5) is 5.69 Å². The Kier molecular flexibility index (Phi) is 6.36. The van der Waals surface area contributed by atoms with Crippen molar-refractivity contribution in [2.24, 2.45) is 0 Å². The van der Waals surface area contributed by atoms with E-state index < -0.39 is 0 Å². The molecule has 0 aromatic heterocycles. The van der Waals surface area contributed by atoms with E-state index in [4.69, 9.17) is 4.74 Å². The maximum absolute atomic E-state index is 12.0. The number of anilines is 1. The summed E-state index contributed by atoms with van der Waals surface area (Å²) < 4.78 is 5.66. The monoisotopic (exact) mass is 294 g/mol. The van der Waals surface area contributed by atoms with Crippen LogP contribution >= 0.6 is 11.8 Å². The molecule has 1 aliphatic heterocycles. The van der Waals surface area contributed by atoms with E-state index in [9.17, 15) is 4.79 Å². The zero-order valence-electron chi connectivity index (χ0n) is 11.9. The quantitative estimate of drug-likeness (QED) is 0.792. The van der Waals surface area contributed by atoms with Crippen molar-refractivity contribution in [3.63, 3.8) is 0 Å². The van der Waals surface area contributed by atoms with Crippen LogP contribution in [-0.2, 0) is 9.53 Å². The van der Waals surface area contributed by atoms with E-state index in [1.807, 2.05) is 24.3 Å². The minimum atomic E-state index is -0.0762. The average Bonchev–Trinajstić information content (AvgIpc) is 2.49. The van der Waals surface area contributed by atoms with Crippen LogP contribution in [0.5, 0.6) is 0 Å². The van der Waals surface area contributed by atoms with E-state index in [-0.39, 0.29) is 18.6 Å². The van der Waals surface area contributed by atoms with Crippen molar-refractivity contribution < 1.29 is 9.53 Å². The van der Waals surface area contributed by atoms with Crippen molar-refractivity contribution in [3.8, 4) is 0 Å². The van der Waals surface area contributed by atoms with Crippen LogP contribution in [0, 0.1) is 0 Å². The molecule has 0 unspecified atom stereocenters. The number of carbonyl (C=O) groups excluding carboxylic acids is 1. The van der Waals surface area contributed by atoms with Gasteiger partial charge in [-0.15, -0.1) is 11.8 Å². The molecule has 1 saturated heterocycles. The van der Waals surface area contributed by atoms with E-state index in [0.717, 1.165) is 42.3 Å². The van der Waals surface area contributed by atoms with Gasteiger partial charge in [0.15, 0.2) is 0 Å². The van der Waals surface area contributed by atoms with Crippen molar-refractivity contribution >= 4 is 23.4 Å². The molecular weight excluding hydrogens is 272 g/mol. The molecule has 1 aliphatic rings. The summed E-state index contributed by atoms with van der Waals surface area (Å²) in [7, 11) is 0. The molecule has 1 amide bonds. The standard InChI is InChI=1S/C15H22N2O2S/c1-2-20-14-6-4-3-5-13(14)17-15(18)11-19-12-7-9-16-10-8-12/h3-6,12,16H,2,7-11H2,1H3,(H,17,18). The third kappa shape index (κ3) is 4.81. The van der Waals surface area contributed by atoms with E-state index in [1.54, 1.807) is 11.8 Å². The molecule has 0 saturated carbocycles. The molecule has 1 fully saturated rings. The first kappa shape index (κ1) is 15.4. The molecule has 4 nitrogen and oxygen atoms in total. The van der Waals surface area contributed by atoms with E-state index in [1.165, 1.54) is 0 Å². The largest absolute Gasteiger partial charge is 0.368 e. The Balaban J connectivity index is 1.81. The van der Waals surface area contributed by atoms with Crippen molar-refractivity contribution in [1.82, 2.24) is 5.32 Å². The minimum absolute atomic E-state index is 0.0762. The number of carbonyl (C=O) groups is 1. The second-order valence-corrected chi connectivity index (χ2v) is 6.04. The highest BCUT2D eigenvalue weighted by Crippen LogP contribution is 2.26. The Morgan fingerprint density at radius 3 is 2.90 bits per heavy atom. The SMILES string of the molecule is CCSc1ccccc1NC(=O)COC1CCNCC1. The molecule has 0 radical (unpaired) electrons. The van der Waals surface area contributed by atoms with Gasteiger partial charge in [-0.05, 0) is 43.8 Å². The molecule has 1 aromatic rings. The summed E-state index contributed by atoms with van der Waals surface area (Å²) in [5.74, 6) is 0.908. The van der Waals surface area contributed by atoms with Crippen LogP contribution in [0.2, 0.25) is 0 Å².